The maximum absolute atomic E-state index is 11.5. The van der Waals surface area contributed by atoms with Crippen LogP contribution in [0.5, 0.6) is 0 Å². The lowest BCUT2D eigenvalue weighted by Crippen LogP contribution is -2.35. The van der Waals surface area contributed by atoms with Crippen LogP contribution in [0.2, 0.25) is 0 Å². The molecule has 1 N–H and O–H groups in total. The lowest BCUT2D eigenvalue weighted by Gasteiger charge is -2.28. The van der Waals surface area contributed by atoms with Crippen molar-refractivity contribution in [2.45, 2.75) is 51.5 Å². The Bertz CT molecular complexity index is 421. The topological polar surface area (TPSA) is 29.1 Å². The highest BCUT2D eigenvalue weighted by Crippen LogP contribution is 2.35. The highest BCUT2D eigenvalue weighted by Gasteiger charge is 2.41. The molecule has 2 rings (SSSR count). The van der Waals surface area contributed by atoms with Crippen LogP contribution in [-0.4, -0.2) is 11.9 Å². The van der Waals surface area contributed by atoms with Gasteiger partial charge in [-0.05, 0) is 24.0 Å². The van der Waals surface area contributed by atoms with Gasteiger partial charge in [-0.1, -0.05) is 45.0 Å². The van der Waals surface area contributed by atoms with Gasteiger partial charge < -0.3 is 5.32 Å². The number of carbonyl (C=O) groups excluding carboxylic acids is 1. The first-order chi connectivity index (χ1) is 7.93. The number of hydrogen-bond acceptors (Lipinski definition) is 1. The molecule has 0 bridgehead atoms. The summed E-state index contributed by atoms with van der Waals surface area (Å²) in [6, 6.07) is 8.92. The number of amides is 1. The minimum absolute atomic E-state index is 0.0629. The van der Waals surface area contributed by atoms with Gasteiger partial charge in [0.05, 0.1) is 0 Å². The van der Waals surface area contributed by atoms with Crippen LogP contribution in [0.3, 0.4) is 0 Å². The van der Waals surface area contributed by atoms with Crippen molar-refractivity contribution in [3.05, 3.63) is 35.4 Å². The van der Waals surface area contributed by atoms with Crippen LogP contribution in [0.25, 0.3) is 0 Å². The van der Waals surface area contributed by atoms with Gasteiger partial charge in [-0.15, -0.1) is 0 Å². The van der Waals surface area contributed by atoms with Crippen LogP contribution in [0.1, 0.15) is 51.2 Å². The molecule has 0 aliphatic carbocycles. The van der Waals surface area contributed by atoms with Gasteiger partial charge in [-0.2, -0.15) is 0 Å². The molecule has 2 unspecified atom stereocenters. The van der Waals surface area contributed by atoms with Crippen molar-refractivity contribution in [2.24, 2.45) is 0 Å². The number of carbonyl (C=O) groups is 1. The Kier molecular flexibility index (Phi) is 2.98. The molecular formula is C15H21NO. The SMILES string of the molecule is CC(C)c1ccc(C2(C)CC(=O)NC2C)cc1. The molecule has 1 aliphatic rings. The molecule has 1 saturated heterocycles. The smallest absolute Gasteiger partial charge is 0.221 e. The van der Waals surface area contributed by atoms with E-state index in [1.54, 1.807) is 0 Å². The van der Waals surface area contributed by atoms with E-state index in [0.29, 0.717) is 12.3 Å². The summed E-state index contributed by atoms with van der Waals surface area (Å²) in [6.45, 7) is 8.64. The maximum atomic E-state index is 11.5. The van der Waals surface area contributed by atoms with Crippen LogP contribution in [-0.2, 0) is 10.2 Å². The van der Waals surface area contributed by atoms with Gasteiger partial charge >= 0.3 is 0 Å². The minimum Gasteiger partial charge on any atom is -0.353 e. The largest absolute Gasteiger partial charge is 0.353 e. The van der Waals surface area contributed by atoms with Crippen molar-refractivity contribution in [1.29, 1.82) is 0 Å². The normalized spacial score (nSPS) is 28.5. The lowest BCUT2D eigenvalue weighted by atomic mass is 9.76. The van der Waals surface area contributed by atoms with Crippen LogP contribution in [0.15, 0.2) is 24.3 Å². The average molecular weight is 231 g/mol. The Morgan fingerprint density at radius 1 is 1.29 bits per heavy atom. The van der Waals surface area contributed by atoms with E-state index in [-0.39, 0.29) is 17.4 Å². The zero-order valence-corrected chi connectivity index (χ0v) is 11.1. The molecule has 1 aliphatic heterocycles. The first-order valence-corrected chi connectivity index (χ1v) is 6.33. The summed E-state index contributed by atoms with van der Waals surface area (Å²) >= 11 is 0. The molecule has 2 heteroatoms. The Balaban J connectivity index is 2.31. The van der Waals surface area contributed by atoms with Gasteiger partial charge in [0.1, 0.15) is 0 Å². The second-order valence-electron chi connectivity index (χ2n) is 5.66. The van der Waals surface area contributed by atoms with Crippen molar-refractivity contribution in [3.63, 3.8) is 0 Å². The lowest BCUT2D eigenvalue weighted by molar-refractivity contribution is -0.119. The fraction of sp³-hybridized carbons (Fsp3) is 0.533. The third-order valence-electron chi connectivity index (χ3n) is 4.10. The van der Waals surface area contributed by atoms with Gasteiger partial charge in [-0.3, -0.25) is 4.79 Å². The molecule has 92 valence electrons. The van der Waals surface area contributed by atoms with E-state index in [1.807, 2.05) is 0 Å². The number of rotatable bonds is 2. The first kappa shape index (κ1) is 12.2. The van der Waals surface area contributed by atoms with Crippen molar-refractivity contribution in [3.8, 4) is 0 Å². The molecule has 2 atom stereocenters. The molecule has 17 heavy (non-hydrogen) atoms. The van der Waals surface area contributed by atoms with E-state index in [1.165, 1.54) is 11.1 Å². The molecule has 1 aromatic carbocycles. The molecule has 0 spiro atoms. The molecule has 0 saturated carbocycles. The maximum Gasteiger partial charge on any atom is 0.221 e. The summed E-state index contributed by atoms with van der Waals surface area (Å²) in [5, 5.41) is 3.00. The summed E-state index contributed by atoms with van der Waals surface area (Å²) < 4.78 is 0. The molecule has 1 amide bonds. The molecular weight excluding hydrogens is 210 g/mol. The van der Waals surface area contributed by atoms with Gasteiger partial charge in [0.2, 0.25) is 5.91 Å². The molecule has 0 radical (unpaired) electrons. The van der Waals surface area contributed by atoms with Crippen molar-refractivity contribution < 1.29 is 4.79 Å². The van der Waals surface area contributed by atoms with Gasteiger partial charge in [0.15, 0.2) is 0 Å². The van der Waals surface area contributed by atoms with E-state index in [9.17, 15) is 4.79 Å². The number of hydrogen-bond donors (Lipinski definition) is 1. The fourth-order valence-electron chi connectivity index (χ4n) is 2.54. The van der Waals surface area contributed by atoms with Crippen molar-refractivity contribution in [1.82, 2.24) is 5.32 Å². The van der Waals surface area contributed by atoms with E-state index < -0.39 is 0 Å². The van der Waals surface area contributed by atoms with Gasteiger partial charge in [0.25, 0.3) is 0 Å². The fourth-order valence-corrected chi connectivity index (χ4v) is 2.54. The second kappa shape index (κ2) is 4.17. The Morgan fingerprint density at radius 3 is 2.29 bits per heavy atom. The number of benzene rings is 1. The Morgan fingerprint density at radius 2 is 1.88 bits per heavy atom. The third-order valence-corrected chi connectivity index (χ3v) is 4.10. The summed E-state index contributed by atoms with van der Waals surface area (Å²) in [5.41, 5.74) is 2.54. The van der Waals surface area contributed by atoms with Crippen LogP contribution in [0, 0.1) is 0 Å². The highest BCUT2D eigenvalue weighted by molar-refractivity contribution is 5.81. The molecule has 1 fully saturated rings. The molecule has 1 heterocycles. The van der Waals surface area contributed by atoms with E-state index in [0.717, 1.165) is 0 Å². The van der Waals surface area contributed by atoms with Crippen LogP contribution >= 0.6 is 0 Å². The van der Waals surface area contributed by atoms with Gasteiger partial charge in [-0.25, -0.2) is 0 Å². The molecule has 1 aromatic rings. The predicted octanol–water partition coefficient (Wildman–Crippen LogP) is 2.98. The van der Waals surface area contributed by atoms with Crippen LogP contribution in [0.4, 0.5) is 0 Å². The second-order valence-corrected chi connectivity index (χ2v) is 5.66. The van der Waals surface area contributed by atoms with Crippen LogP contribution < -0.4 is 5.32 Å². The van der Waals surface area contributed by atoms with Crippen molar-refractivity contribution >= 4 is 5.91 Å². The number of nitrogens with one attached hydrogen (secondary N) is 1. The zero-order chi connectivity index (χ0) is 12.6. The minimum atomic E-state index is -0.0629. The monoisotopic (exact) mass is 231 g/mol. The highest BCUT2D eigenvalue weighted by atomic mass is 16.2. The van der Waals surface area contributed by atoms with E-state index >= 15 is 0 Å². The van der Waals surface area contributed by atoms with E-state index in [2.05, 4.69) is 57.3 Å². The summed E-state index contributed by atoms with van der Waals surface area (Å²) in [4.78, 5) is 11.5. The average Bonchev–Trinajstić information content (AvgIpc) is 2.54. The quantitative estimate of drug-likeness (QED) is 0.833. The predicted molar refractivity (Wildman–Crippen MR) is 70.1 cm³/mol. The van der Waals surface area contributed by atoms with Gasteiger partial charge in [0, 0.05) is 17.9 Å². The Labute approximate surface area is 103 Å². The zero-order valence-electron chi connectivity index (χ0n) is 11.1. The standard InChI is InChI=1S/C15H21NO/c1-10(2)12-5-7-13(8-6-12)15(4)9-14(17)16-11(15)3/h5-8,10-11H,9H2,1-4H3,(H,16,17). The molecule has 2 nitrogen and oxygen atoms in total. The molecule has 0 aromatic heterocycles. The summed E-state index contributed by atoms with van der Waals surface area (Å²) in [5.74, 6) is 0.713. The summed E-state index contributed by atoms with van der Waals surface area (Å²) in [7, 11) is 0. The van der Waals surface area contributed by atoms with Crippen molar-refractivity contribution in [2.75, 3.05) is 0 Å². The first-order valence-electron chi connectivity index (χ1n) is 6.33. The van der Waals surface area contributed by atoms with E-state index in [4.69, 9.17) is 0 Å². The Hall–Kier alpha value is -1.31. The third kappa shape index (κ3) is 2.08. The summed E-state index contributed by atoms with van der Waals surface area (Å²) in [6.07, 6.45) is 0.592.